The van der Waals surface area contributed by atoms with E-state index in [9.17, 15) is 49.0 Å². The van der Waals surface area contributed by atoms with Gasteiger partial charge >= 0.3 is 24.2 Å². The van der Waals surface area contributed by atoms with Crippen LogP contribution in [0.3, 0.4) is 0 Å². The number of nitrogens with zero attached hydrogens (tertiary/aromatic N) is 1. The highest BCUT2D eigenvalue weighted by molar-refractivity contribution is 5.52. The van der Waals surface area contributed by atoms with Crippen LogP contribution in [0.4, 0.5) is 49.6 Å². The van der Waals surface area contributed by atoms with Crippen LogP contribution >= 0.6 is 0 Å². The molecule has 0 spiro atoms. The number of ether oxygens (including phenoxy) is 1. The standard InChI is InChI=1S/C25H19F10NO2/c26-22(27,24(30,31)32)17-7-4-6-16(12-17)14-36(15-21(37)23(28,29)25(33,34)35)18-8-5-11-20(13-18)38-19-9-2-1-3-10-19/h1-13,21,37H,14-15H2/t21-/m1/s1. The van der Waals surface area contributed by atoms with Crippen molar-refractivity contribution >= 4 is 5.69 Å². The van der Waals surface area contributed by atoms with Gasteiger partial charge in [-0.05, 0) is 35.9 Å². The van der Waals surface area contributed by atoms with E-state index in [-0.39, 0.29) is 17.0 Å². The SMILES string of the molecule is O[C@H](CN(Cc1cccc(C(F)(F)C(F)(F)F)c1)c1cccc(Oc2ccccc2)c1)C(F)(F)C(F)(F)F. The number of hydrogen-bond donors (Lipinski definition) is 1. The zero-order valence-corrected chi connectivity index (χ0v) is 19.1. The quantitative estimate of drug-likeness (QED) is 0.275. The summed E-state index contributed by atoms with van der Waals surface area (Å²) >= 11 is 0. The van der Waals surface area contributed by atoms with Crippen LogP contribution in [0.2, 0.25) is 0 Å². The molecule has 0 amide bonds. The van der Waals surface area contributed by atoms with Gasteiger partial charge in [-0.1, -0.05) is 42.5 Å². The average Bonchev–Trinajstić information content (AvgIpc) is 2.83. The minimum absolute atomic E-state index is 0.0801. The van der Waals surface area contributed by atoms with Crippen LogP contribution in [0.5, 0.6) is 11.5 Å². The molecule has 0 radical (unpaired) electrons. The number of rotatable bonds is 9. The summed E-state index contributed by atoms with van der Waals surface area (Å²) in [5.74, 6) is -10.3. The van der Waals surface area contributed by atoms with Gasteiger partial charge in [0.05, 0.1) is 6.54 Å². The van der Waals surface area contributed by atoms with Gasteiger partial charge in [-0.25, -0.2) is 0 Å². The highest BCUT2D eigenvalue weighted by Crippen LogP contribution is 2.44. The van der Waals surface area contributed by atoms with Crippen LogP contribution in [-0.4, -0.2) is 36.0 Å². The number of para-hydroxylation sites is 1. The second-order valence-electron chi connectivity index (χ2n) is 8.20. The Labute approximate surface area is 209 Å². The highest BCUT2D eigenvalue weighted by atomic mass is 19.4. The van der Waals surface area contributed by atoms with Gasteiger partial charge in [0.2, 0.25) is 0 Å². The maximum absolute atomic E-state index is 13.8. The van der Waals surface area contributed by atoms with Gasteiger partial charge in [0.15, 0.2) is 0 Å². The molecule has 0 saturated heterocycles. The minimum atomic E-state index is -6.11. The maximum atomic E-state index is 13.8. The molecule has 0 saturated carbocycles. The molecule has 0 heterocycles. The third-order valence-electron chi connectivity index (χ3n) is 5.37. The largest absolute Gasteiger partial charge is 0.458 e. The lowest BCUT2D eigenvalue weighted by Gasteiger charge is -2.32. The second kappa shape index (κ2) is 10.7. The van der Waals surface area contributed by atoms with Crippen LogP contribution < -0.4 is 9.64 Å². The van der Waals surface area contributed by atoms with Crippen molar-refractivity contribution in [1.29, 1.82) is 0 Å². The monoisotopic (exact) mass is 555 g/mol. The number of anilines is 1. The Kier molecular flexibility index (Phi) is 8.20. The first kappa shape index (κ1) is 29.1. The van der Waals surface area contributed by atoms with Gasteiger partial charge in [-0.15, -0.1) is 0 Å². The van der Waals surface area contributed by atoms with Crippen molar-refractivity contribution in [2.75, 3.05) is 11.4 Å². The molecule has 3 nitrogen and oxygen atoms in total. The molecule has 38 heavy (non-hydrogen) atoms. The molecule has 1 N–H and O–H groups in total. The van der Waals surface area contributed by atoms with Gasteiger partial charge < -0.3 is 14.7 Å². The fourth-order valence-corrected chi connectivity index (χ4v) is 3.39. The Morgan fingerprint density at radius 1 is 0.684 bits per heavy atom. The summed E-state index contributed by atoms with van der Waals surface area (Å²) in [5, 5.41) is 9.81. The molecule has 0 aliphatic rings. The number of aliphatic hydroxyl groups excluding tert-OH is 1. The van der Waals surface area contributed by atoms with Gasteiger partial charge in [0.25, 0.3) is 0 Å². The highest BCUT2D eigenvalue weighted by Gasteiger charge is 2.62. The van der Waals surface area contributed by atoms with E-state index in [1.807, 2.05) is 0 Å². The Hall–Kier alpha value is -3.48. The molecular formula is C25H19F10NO2. The maximum Gasteiger partial charge on any atom is 0.458 e. The van der Waals surface area contributed by atoms with Crippen LogP contribution in [0.15, 0.2) is 78.9 Å². The molecule has 0 unspecified atom stereocenters. The van der Waals surface area contributed by atoms with Crippen molar-refractivity contribution in [1.82, 2.24) is 0 Å². The fourth-order valence-electron chi connectivity index (χ4n) is 3.39. The lowest BCUT2D eigenvalue weighted by Crippen LogP contribution is -2.52. The van der Waals surface area contributed by atoms with E-state index in [0.717, 1.165) is 17.0 Å². The molecule has 3 aromatic rings. The van der Waals surface area contributed by atoms with Gasteiger partial charge in [-0.3, -0.25) is 0 Å². The molecule has 3 rings (SSSR count). The molecule has 0 aliphatic carbocycles. The van der Waals surface area contributed by atoms with Crippen LogP contribution in [0.25, 0.3) is 0 Å². The van der Waals surface area contributed by atoms with Crippen molar-refractivity contribution in [3.63, 3.8) is 0 Å². The number of benzene rings is 3. The van der Waals surface area contributed by atoms with Crippen molar-refractivity contribution in [3.8, 4) is 11.5 Å². The average molecular weight is 555 g/mol. The summed E-state index contributed by atoms with van der Waals surface area (Å²) in [4.78, 5) is 0.785. The smallest absolute Gasteiger partial charge is 0.457 e. The zero-order valence-electron chi connectivity index (χ0n) is 19.1. The van der Waals surface area contributed by atoms with Crippen molar-refractivity contribution in [2.24, 2.45) is 0 Å². The predicted molar refractivity (Wildman–Crippen MR) is 117 cm³/mol. The number of halogens is 10. The summed E-state index contributed by atoms with van der Waals surface area (Å²) < 4.78 is 138. The third kappa shape index (κ3) is 6.50. The Morgan fingerprint density at radius 2 is 1.29 bits per heavy atom. The molecule has 13 heteroatoms. The Bertz CT molecular complexity index is 1210. The minimum Gasteiger partial charge on any atom is -0.457 e. The van der Waals surface area contributed by atoms with E-state index in [1.54, 1.807) is 30.3 Å². The van der Waals surface area contributed by atoms with Gasteiger partial charge in [0.1, 0.15) is 17.6 Å². The Morgan fingerprint density at radius 3 is 1.89 bits per heavy atom. The molecule has 0 aromatic heterocycles. The predicted octanol–water partition coefficient (Wildman–Crippen LogP) is 7.70. The first-order valence-corrected chi connectivity index (χ1v) is 10.8. The molecule has 0 bridgehead atoms. The van der Waals surface area contributed by atoms with Crippen molar-refractivity contribution in [2.45, 2.75) is 36.8 Å². The molecule has 3 aromatic carbocycles. The van der Waals surface area contributed by atoms with Crippen LogP contribution in [-0.2, 0) is 12.5 Å². The number of alkyl halides is 10. The van der Waals surface area contributed by atoms with E-state index in [1.165, 1.54) is 24.3 Å². The van der Waals surface area contributed by atoms with Gasteiger partial charge in [0, 0.05) is 23.9 Å². The second-order valence-corrected chi connectivity index (χ2v) is 8.20. The van der Waals surface area contributed by atoms with E-state index >= 15 is 0 Å². The topological polar surface area (TPSA) is 32.7 Å². The van der Waals surface area contributed by atoms with Crippen LogP contribution in [0.1, 0.15) is 11.1 Å². The molecule has 0 fully saturated rings. The summed E-state index contributed by atoms with van der Waals surface area (Å²) in [5.41, 5.74) is -1.81. The van der Waals surface area contributed by atoms with E-state index in [0.29, 0.717) is 17.9 Å². The summed E-state index contributed by atoms with van der Waals surface area (Å²) in [6, 6.07) is 16.3. The first-order valence-electron chi connectivity index (χ1n) is 10.8. The molecule has 1 atom stereocenters. The summed E-state index contributed by atoms with van der Waals surface area (Å²) in [6.45, 7) is -2.07. The molecule has 0 aliphatic heterocycles. The normalized spacial score (nSPS) is 13.8. The lowest BCUT2D eigenvalue weighted by atomic mass is 10.0. The molecule has 206 valence electrons. The zero-order chi connectivity index (χ0) is 28.4. The van der Waals surface area contributed by atoms with E-state index in [4.69, 9.17) is 4.74 Å². The number of aliphatic hydroxyl groups is 1. The number of hydrogen-bond acceptors (Lipinski definition) is 3. The van der Waals surface area contributed by atoms with Crippen LogP contribution in [0, 0.1) is 0 Å². The Balaban J connectivity index is 1.98. The summed E-state index contributed by atoms with van der Waals surface area (Å²) in [6.07, 6.45) is -15.3. The molecular weight excluding hydrogens is 536 g/mol. The third-order valence-corrected chi connectivity index (χ3v) is 5.37. The lowest BCUT2D eigenvalue weighted by molar-refractivity contribution is -0.311. The fraction of sp³-hybridized carbons (Fsp3) is 0.280. The van der Waals surface area contributed by atoms with Gasteiger partial charge in [-0.2, -0.15) is 43.9 Å². The first-order chi connectivity index (χ1) is 17.5. The van der Waals surface area contributed by atoms with Crippen molar-refractivity contribution in [3.05, 3.63) is 90.0 Å². The van der Waals surface area contributed by atoms with E-state index < -0.39 is 49.0 Å². The van der Waals surface area contributed by atoms with Crippen molar-refractivity contribution < 1.29 is 53.7 Å². The summed E-state index contributed by atoms with van der Waals surface area (Å²) in [7, 11) is 0. The van der Waals surface area contributed by atoms with E-state index in [2.05, 4.69) is 0 Å².